The molecule has 1 aromatic carbocycles. The van der Waals surface area contributed by atoms with Crippen molar-refractivity contribution >= 4 is 22.4 Å². The van der Waals surface area contributed by atoms with E-state index in [4.69, 9.17) is 0 Å². The van der Waals surface area contributed by atoms with Gasteiger partial charge in [0, 0.05) is 10.8 Å². The first-order chi connectivity index (χ1) is 7.11. The maximum absolute atomic E-state index is 4.40. The molecule has 0 radical (unpaired) electrons. The second-order valence-electron chi connectivity index (χ2n) is 4.63. The maximum Gasteiger partial charge on any atom is 0.0843 e. The topological polar surface area (TPSA) is 12.9 Å². The smallest absolute Gasteiger partial charge is 0.0843 e. The van der Waals surface area contributed by atoms with Crippen LogP contribution in [-0.4, -0.2) is 4.37 Å². The van der Waals surface area contributed by atoms with Gasteiger partial charge >= 0.3 is 0 Å². The average Bonchev–Trinajstić information content (AvgIpc) is 2.62. The van der Waals surface area contributed by atoms with Crippen molar-refractivity contribution < 1.29 is 0 Å². The van der Waals surface area contributed by atoms with Gasteiger partial charge in [0.05, 0.1) is 5.52 Å². The number of hydrogen-bond donors (Lipinski definition) is 0. The van der Waals surface area contributed by atoms with Gasteiger partial charge < -0.3 is 0 Å². The number of benzene rings is 1. The first-order valence-electron chi connectivity index (χ1n) is 5.48. The fourth-order valence-electron chi connectivity index (χ4n) is 2.13. The summed E-state index contributed by atoms with van der Waals surface area (Å²) in [5.41, 5.74) is 4.10. The van der Waals surface area contributed by atoms with Crippen molar-refractivity contribution in [1.29, 1.82) is 0 Å². The molecule has 0 saturated carbocycles. The Hall–Kier alpha value is -0.890. The molecular formula is C13H17NS. The minimum absolute atomic E-state index is 0.572. The summed E-state index contributed by atoms with van der Waals surface area (Å²) in [5.74, 6) is 1.16. The highest BCUT2D eigenvalue weighted by molar-refractivity contribution is 7.04. The van der Waals surface area contributed by atoms with E-state index >= 15 is 0 Å². The van der Waals surface area contributed by atoms with Crippen LogP contribution in [0.3, 0.4) is 0 Å². The molecule has 2 heteroatoms. The lowest BCUT2D eigenvalue weighted by molar-refractivity contribution is 0.798. The Bertz CT molecular complexity index is 468. The summed E-state index contributed by atoms with van der Waals surface area (Å²) in [6, 6.07) is 4.38. The molecule has 1 heterocycles. The Morgan fingerprint density at radius 1 is 1.07 bits per heavy atom. The maximum atomic E-state index is 4.40. The van der Waals surface area contributed by atoms with E-state index < -0.39 is 0 Å². The standard InChI is InChI=1S/C13H17NS/c1-8(2)10-5-6-12-11(7-15-14-12)13(10)9(3)4/h5-9H,1-4H3. The third-order valence-electron chi connectivity index (χ3n) is 2.82. The molecule has 0 N–H and O–H groups in total. The van der Waals surface area contributed by atoms with Gasteiger partial charge in [0.15, 0.2) is 0 Å². The lowest BCUT2D eigenvalue weighted by atomic mass is 9.88. The zero-order chi connectivity index (χ0) is 11.0. The fourth-order valence-corrected chi connectivity index (χ4v) is 2.81. The second kappa shape index (κ2) is 3.93. The summed E-state index contributed by atoms with van der Waals surface area (Å²) < 4.78 is 4.40. The molecule has 0 aliphatic rings. The molecule has 80 valence electrons. The van der Waals surface area contributed by atoms with E-state index in [1.807, 2.05) is 0 Å². The molecule has 0 amide bonds. The molecule has 1 nitrogen and oxygen atoms in total. The molecule has 0 spiro atoms. The zero-order valence-electron chi connectivity index (χ0n) is 9.74. The largest absolute Gasteiger partial charge is 0.193 e. The third kappa shape index (κ3) is 1.78. The Morgan fingerprint density at radius 2 is 1.80 bits per heavy atom. The van der Waals surface area contributed by atoms with Crippen molar-refractivity contribution in [1.82, 2.24) is 4.37 Å². The molecule has 0 unspecified atom stereocenters. The Kier molecular flexibility index (Phi) is 2.79. The predicted octanol–water partition coefficient (Wildman–Crippen LogP) is 4.54. The number of nitrogens with zero attached hydrogens (tertiary/aromatic N) is 1. The Balaban J connectivity index is 2.75. The first-order valence-corrected chi connectivity index (χ1v) is 6.31. The molecular weight excluding hydrogens is 202 g/mol. The van der Waals surface area contributed by atoms with Crippen molar-refractivity contribution in [3.05, 3.63) is 28.6 Å². The van der Waals surface area contributed by atoms with Crippen LogP contribution in [0.5, 0.6) is 0 Å². The van der Waals surface area contributed by atoms with Gasteiger partial charge in [-0.3, -0.25) is 0 Å². The van der Waals surface area contributed by atoms with Gasteiger partial charge in [-0.25, -0.2) is 0 Å². The number of hydrogen-bond acceptors (Lipinski definition) is 2. The van der Waals surface area contributed by atoms with Crippen molar-refractivity contribution in [2.75, 3.05) is 0 Å². The summed E-state index contributed by atoms with van der Waals surface area (Å²) >= 11 is 1.55. The molecule has 0 aliphatic carbocycles. The third-order valence-corrected chi connectivity index (χ3v) is 3.46. The lowest BCUT2D eigenvalue weighted by Crippen LogP contribution is -1.98. The molecule has 0 saturated heterocycles. The van der Waals surface area contributed by atoms with Crippen molar-refractivity contribution in [3.63, 3.8) is 0 Å². The minimum atomic E-state index is 0.572. The minimum Gasteiger partial charge on any atom is -0.193 e. The SMILES string of the molecule is CC(C)c1ccc2nscc2c1C(C)C. The molecule has 0 atom stereocenters. The highest BCUT2D eigenvalue weighted by atomic mass is 32.1. The number of rotatable bonds is 2. The normalized spacial score (nSPS) is 11.9. The van der Waals surface area contributed by atoms with Gasteiger partial charge in [0.2, 0.25) is 0 Å². The van der Waals surface area contributed by atoms with Crippen LogP contribution in [0.2, 0.25) is 0 Å². The van der Waals surface area contributed by atoms with E-state index in [1.54, 1.807) is 11.5 Å². The van der Waals surface area contributed by atoms with Crippen LogP contribution in [0.15, 0.2) is 17.5 Å². The van der Waals surface area contributed by atoms with Gasteiger partial charge in [-0.15, -0.1) is 0 Å². The molecule has 15 heavy (non-hydrogen) atoms. The van der Waals surface area contributed by atoms with E-state index in [2.05, 4.69) is 49.6 Å². The molecule has 2 rings (SSSR count). The van der Waals surface area contributed by atoms with E-state index in [0.717, 1.165) is 5.52 Å². The number of aromatic nitrogens is 1. The van der Waals surface area contributed by atoms with Crippen LogP contribution in [-0.2, 0) is 0 Å². The first kappa shape index (κ1) is 10.6. The van der Waals surface area contributed by atoms with Crippen LogP contribution in [0.4, 0.5) is 0 Å². The van der Waals surface area contributed by atoms with E-state index in [0.29, 0.717) is 11.8 Å². The van der Waals surface area contributed by atoms with Crippen molar-refractivity contribution in [3.8, 4) is 0 Å². The van der Waals surface area contributed by atoms with Crippen LogP contribution in [0.25, 0.3) is 10.9 Å². The van der Waals surface area contributed by atoms with Gasteiger partial charge in [0.1, 0.15) is 0 Å². The molecule has 0 bridgehead atoms. The summed E-state index contributed by atoms with van der Waals surface area (Å²) in [4.78, 5) is 0. The van der Waals surface area contributed by atoms with Crippen LogP contribution < -0.4 is 0 Å². The van der Waals surface area contributed by atoms with Crippen LogP contribution >= 0.6 is 11.5 Å². The summed E-state index contributed by atoms with van der Waals surface area (Å²) in [5, 5.41) is 3.53. The molecule has 2 aromatic rings. The highest BCUT2D eigenvalue weighted by Crippen LogP contribution is 2.33. The Labute approximate surface area is 95.3 Å². The Morgan fingerprint density at radius 3 is 2.40 bits per heavy atom. The quantitative estimate of drug-likeness (QED) is 0.722. The van der Waals surface area contributed by atoms with Crippen molar-refractivity contribution in [2.45, 2.75) is 39.5 Å². The van der Waals surface area contributed by atoms with Crippen molar-refractivity contribution in [2.24, 2.45) is 0 Å². The zero-order valence-corrected chi connectivity index (χ0v) is 10.6. The average molecular weight is 219 g/mol. The van der Waals surface area contributed by atoms with Gasteiger partial charge in [-0.1, -0.05) is 33.8 Å². The fraction of sp³-hybridized carbons (Fsp3) is 0.462. The van der Waals surface area contributed by atoms with Crippen LogP contribution in [0.1, 0.15) is 50.7 Å². The summed E-state index contributed by atoms with van der Waals surface area (Å²) in [6.07, 6.45) is 0. The predicted molar refractivity (Wildman–Crippen MR) is 67.8 cm³/mol. The van der Waals surface area contributed by atoms with E-state index in [1.165, 1.54) is 16.5 Å². The van der Waals surface area contributed by atoms with Gasteiger partial charge in [-0.05, 0) is 40.6 Å². The van der Waals surface area contributed by atoms with E-state index in [9.17, 15) is 0 Å². The molecule has 1 aromatic heterocycles. The summed E-state index contributed by atoms with van der Waals surface area (Å²) in [7, 11) is 0. The number of fused-ring (bicyclic) bond motifs is 1. The monoisotopic (exact) mass is 219 g/mol. The van der Waals surface area contributed by atoms with Crippen LogP contribution in [0, 0.1) is 0 Å². The van der Waals surface area contributed by atoms with Gasteiger partial charge in [-0.2, -0.15) is 4.37 Å². The molecule has 0 fully saturated rings. The summed E-state index contributed by atoms with van der Waals surface area (Å²) in [6.45, 7) is 9.04. The van der Waals surface area contributed by atoms with Gasteiger partial charge in [0.25, 0.3) is 0 Å². The highest BCUT2D eigenvalue weighted by Gasteiger charge is 2.14. The van der Waals surface area contributed by atoms with E-state index in [-0.39, 0.29) is 0 Å². The second-order valence-corrected chi connectivity index (χ2v) is 5.25. The molecule has 0 aliphatic heterocycles. The lowest BCUT2D eigenvalue weighted by Gasteiger charge is -2.16.